The average Bonchev–Trinajstić information content (AvgIpc) is 2.73. The quantitative estimate of drug-likeness (QED) is 0.571. The predicted molar refractivity (Wildman–Crippen MR) is 102 cm³/mol. The minimum absolute atomic E-state index is 0.196. The number of rotatable bonds is 4. The number of hydrogen-bond acceptors (Lipinski definition) is 6. The van der Waals surface area contributed by atoms with Gasteiger partial charge in [0.1, 0.15) is 17.2 Å². The zero-order chi connectivity index (χ0) is 20.5. The van der Waals surface area contributed by atoms with E-state index < -0.39 is 23.2 Å². The Kier molecular flexibility index (Phi) is 4.81. The standard InChI is InChI=1S/C20H15F2N5O2/c1-11(9-28)27-10-25-19-16(20(27)29)4-17(12-2-14(21)7-23-5-12)26-18(19)13-3-15(22)8-24-6-13/h2-8,10-11,28H,9H2,1H3/t11-/m0/s1. The van der Waals surface area contributed by atoms with Crippen molar-refractivity contribution in [1.82, 2.24) is 24.5 Å². The number of halogens is 2. The van der Waals surface area contributed by atoms with Gasteiger partial charge in [0, 0.05) is 23.5 Å². The maximum absolute atomic E-state index is 13.8. The lowest BCUT2D eigenvalue weighted by atomic mass is 10.1. The van der Waals surface area contributed by atoms with Crippen molar-refractivity contribution in [3.05, 3.63) is 71.3 Å². The highest BCUT2D eigenvalue weighted by Gasteiger charge is 2.17. The summed E-state index contributed by atoms with van der Waals surface area (Å²) in [4.78, 5) is 29.5. The summed E-state index contributed by atoms with van der Waals surface area (Å²) < 4.78 is 28.7. The van der Waals surface area contributed by atoms with E-state index in [1.54, 1.807) is 6.92 Å². The van der Waals surface area contributed by atoms with Crippen LogP contribution in [-0.2, 0) is 0 Å². The van der Waals surface area contributed by atoms with Gasteiger partial charge in [-0.2, -0.15) is 0 Å². The summed E-state index contributed by atoms with van der Waals surface area (Å²) in [5, 5.41) is 9.61. The highest BCUT2D eigenvalue weighted by Crippen LogP contribution is 2.28. The van der Waals surface area contributed by atoms with Gasteiger partial charge in [0.25, 0.3) is 5.56 Å². The largest absolute Gasteiger partial charge is 0.394 e. The van der Waals surface area contributed by atoms with Gasteiger partial charge in [-0.1, -0.05) is 0 Å². The van der Waals surface area contributed by atoms with Gasteiger partial charge in [0.2, 0.25) is 0 Å². The monoisotopic (exact) mass is 395 g/mol. The fraction of sp³-hybridized carbons (Fsp3) is 0.150. The molecule has 4 heterocycles. The van der Waals surface area contributed by atoms with E-state index in [0.717, 1.165) is 12.4 Å². The third kappa shape index (κ3) is 3.47. The molecule has 9 heteroatoms. The summed E-state index contributed by atoms with van der Waals surface area (Å²) in [5.41, 5.74) is 1.02. The molecule has 0 aliphatic rings. The van der Waals surface area contributed by atoms with Gasteiger partial charge in [-0.3, -0.25) is 19.3 Å². The summed E-state index contributed by atoms with van der Waals surface area (Å²) in [7, 11) is 0. The molecule has 0 amide bonds. The topological polar surface area (TPSA) is 93.8 Å². The van der Waals surface area contributed by atoms with Crippen LogP contribution >= 0.6 is 0 Å². The first-order valence-corrected chi connectivity index (χ1v) is 8.72. The van der Waals surface area contributed by atoms with Crippen molar-refractivity contribution < 1.29 is 13.9 Å². The molecular formula is C20H15F2N5O2. The number of pyridine rings is 3. The van der Waals surface area contributed by atoms with E-state index in [9.17, 15) is 18.7 Å². The Morgan fingerprint density at radius 3 is 2.34 bits per heavy atom. The van der Waals surface area contributed by atoms with Crippen LogP contribution in [0.15, 0.2) is 54.1 Å². The number of hydrogen-bond donors (Lipinski definition) is 1. The molecule has 29 heavy (non-hydrogen) atoms. The number of aliphatic hydroxyl groups excluding tert-OH is 1. The highest BCUT2D eigenvalue weighted by atomic mass is 19.1. The molecule has 1 N–H and O–H groups in total. The summed E-state index contributed by atoms with van der Waals surface area (Å²) >= 11 is 0. The molecule has 0 saturated carbocycles. The van der Waals surface area contributed by atoms with Crippen LogP contribution in [-0.4, -0.2) is 36.2 Å². The summed E-state index contributed by atoms with van der Waals surface area (Å²) in [6, 6.07) is 3.45. The summed E-state index contributed by atoms with van der Waals surface area (Å²) in [6.07, 6.45) is 6.24. The normalized spacial score (nSPS) is 12.3. The van der Waals surface area contributed by atoms with Gasteiger partial charge < -0.3 is 5.11 Å². The van der Waals surface area contributed by atoms with Crippen molar-refractivity contribution in [2.45, 2.75) is 13.0 Å². The van der Waals surface area contributed by atoms with Gasteiger partial charge in [-0.15, -0.1) is 0 Å². The molecule has 4 rings (SSSR count). The molecule has 0 bridgehead atoms. The number of fused-ring (bicyclic) bond motifs is 1. The molecule has 0 aromatic carbocycles. The Bertz CT molecular complexity index is 1280. The van der Waals surface area contributed by atoms with Gasteiger partial charge in [0.15, 0.2) is 0 Å². The van der Waals surface area contributed by atoms with E-state index in [1.807, 2.05) is 0 Å². The molecule has 1 atom stereocenters. The number of nitrogens with zero attached hydrogens (tertiary/aromatic N) is 5. The van der Waals surface area contributed by atoms with E-state index >= 15 is 0 Å². The minimum atomic E-state index is -0.572. The Hall–Kier alpha value is -3.59. The smallest absolute Gasteiger partial charge is 0.261 e. The zero-order valence-corrected chi connectivity index (χ0v) is 15.3. The maximum atomic E-state index is 13.8. The van der Waals surface area contributed by atoms with Crippen molar-refractivity contribution >= 4 is 10.9 Å². The molecule has 0 spiro atoms. The molecule has 0 fully saturated rings. The maximum Gasteiger partial charge on any atom is 0.261 e. The molecule has 0 unspecified atom stereocenters. The highest BCUT2D eigenvalue weighted by molar-refractivity contribution is 5.93. The first kappa shape index (κ1) is 18.8. The first-order chi connectivity index (χ1) is 14.0. The number of aromatic nitrogens is 5. The van der Waals surface area contributed by atoms with E-state index in [-0.39, 0.29) is 28.9 Å². The van der Waals surface area contributed by atoms with Gasteiger partial charge in [-0.05, 0) is 25.1 Å². The average molecular weight is 395 g/mol. The third-order valence-corrected chi connectivity index (χ3v) is 4.49. The zero-order valence-electron chi connectivity index (χ0n) is 15.3. The Labute approximate surface area is 163 Å². The van der Waals surface area contributed by atoms with Gasteiger partial charge in [0.05, 0.1) is 48.1 Å². The SMILES string of the molecule is C[C@@H](CO)n1cnc2c(-c3cncc(F)c3)nc(-c3cncc(F)c3)cc2c1=O. The molecule has 4 aromatic heterocycles. The fourth-order valence-electron chi connectivity index (χ4n) is 2.99. The predicted octanol–water partition coefficient (Wildman–Crippen LogP) is 2.75. The Morgan fingerprint density at radius 1 is 1.03 bits per heavy atom. The van der Waals surface area contributed by atoms with Crippen LogP contribution in [0.5, 0.6) is 0 Å². The summed E-state index contributed by atoms with van der Waals surface area (Å²) in [6.45, 7) is 1.42. The second kappa shape index (κ2) is 7.44. The molecule has 0 radical (unpaired) electrons. The lowest BCUT2D eigenvalue weighted by Crippen LogP contribution is -2.25. The van der Waals surface area contributed by atoms with E-state index in [0.29, 0.717) is 11.1 Å². The van der Waals surface area contributed by atoms with Crippen molar-refractivity contribution in [1.29, 1.82) is 0 Å². The summed E-state index contributed by atoms with van der Waals surface area (Å²) in [5.74, 6) is -1.13. The van der Waals surface area contributed by atoms with Crippen LogP contribution in [0, 0.1) is 11.6 Å². The van der Waals surface area contributed by atoms with Gasteiger partial charge in [-0.25, -0.2) is 18.7 Å². The Balaban J connectivity index is 2.07. The van der Waals surface area contributed by atoms with Gasteiger partial charge >= 0.3 is 0 Å². The first-order valence-electron chi connectivity index (χ1n) is 8.72. The van der Waals surface area contributed by atoms with Crippen molar-refractivity contribution in [3.8, 4) is 22.5 Å². The van der Waals surface area contributed by atoms with Crippen LogP contribution in [0.3, 0.4) is 0 Å². The van der Waals surface area contributed by atoms with Crippen LogP contribution in [0.4, 0.5) is 8.78 Å². The molecule has 0 aliphatic heterocycles. The third-order valence-electron chi connectivity index (χ3n) is 4.49. The van der Waals surface area contributed by atoms with Crippen molar-refractivity contribution in [2.24, 2.45) is 0 Å². The molecule has 4 aromatic rings. The minimum Gasteiger partial charge on any atom is -0.394 e. The van der Waals surface area contributed by atoms with Crippen molar-refractivity contribution in [3.63, 3.8) is 0 Å². The number of aliphatic hydroxyl groups is 1. The fourth-order valence-corrected chi connectivity index (χ4v) is 2.99. The Morgan fingerprint density at radius 2 is 1.69 bits per heavy atom. The van der Waals surface area contributed by atoms with Crippen LogP contribution in [0.1, 0.15) is 13.0 Å². The second-order valence-corrected chi connectivity index (χ2v) is 6.52. The van der Waals surface area contributed by atoms with Crippen LogP contribution in [0.2, 0.25) is 0 Å². The van der Waals surface area contributed by atoms with Crippen LogP contribution in [0.25, 0.3) is 33.4 Å². The van der Waals surface area contributed by atoms with E-state index in [1.165, 1.54) is 41.5 Å². The second-order valence-electron chi connectivity index (χ2n) is 6.52. The van der Waals surface area contributed by atoms with E-state index in [2.05, 4.69) is 19.9 Å². The molecular weight excluding hydrogens is 380 g/mol. The lowest BCUT2D eigenvalue weighted by Gasteiger charge is -2.14. The molecule has 0 saturated heterocycles. The molecule has 146 valence electrons. The lowest BCUT2D eigenvalue weighted by molar-refractivity contribution is 0.236. The van der Waals surface area contributed by atoms with Crippen LogP contribution < -0.4 is 5.56 Å². The molecule has 7 nitrogen and oxygen atoms in total. The van der Waals surface area contributed by atoms with Crippen molar-refractivity contribution in [2.75, 3.05) is 6.61 Å². The molecule has 0 aliphatic carbocycles. The van der Waals surface area contributed by atoms with E-state index in [4.69, 9.17) is 0 Å².